The van der Waals surface area contributed by atoms with E-state index in [1.807, 2.05) is 0 Å². The van der Waals surface area contributed by atoms with Gasteiger partial charge in [0.15, 0.2) is 0 Å². The van der Waals surface area contributed by atoms with Crippen molar-refractivity contribution in [3.8, 4) is 16.9 Å². The Bertz CT molecular complexity index is 878. The summed E-state index contributed by atoms with van der Waals surface area (Å²) in [5, 5.41) is 8.47. The summed E-state index contributed by atoms with van der Waals surface area (Å²) in [6, 6.07) is 15.1. The van der Waals surface area contributed by atoms with Crippen molar-refractivity contribution >= 4 is 28.4 Å². The van der Waals surface area contributed by atoms with Crippen molar-refractivity contribution < 1.29 is 0 Å². The van der Waals surface area contributed by atoms with Crippen LogP contribution in [-0.4, -0.2) is 16.3 Å². The highest BCUT2D eigenvalue weighted by molar-refractivity contribution is 14.1. The summed E-state index contributed by atoms with van der Waals surface area (Å²) in [6.45, 7) is 5.25. The summed E-state index contributed by atoms with van der Waals surface area (Å²) >= 11 is 2.34. The standard InChI is InChI=1S/C19H18IN3/c1-12-3-4-13(2)17(11-12)23-19-16(9-10-21-19)18(22-23)14-5-7-15(20)8-6-14/h3-8,11,21H,9-10H2,1-2H3. The number of fused-ring (bicyclic) bond motifs is 1. The molecular weight excluding hydrogens is 397 g/mol. The van der Waals surface area contributed by atoms with Gasteiger partial charge in [0, 0.05) is 21.2 Å². The summed E-state index contributed by atoms with van der Waals surface area (Å²) in [7, 11) is 0. The van der Waals surface area contributed by atoms with Crippen LogP contribution in [0.1, 0.15) is 16.7 Å². The molecule has 0 bridgehead atoms. The van der Waals surface area contributed by atoms with E-state index in [1.54, 1.807) is 0 Å². The summed E-state index contributed by atoms with van der Waals surface area (Å²) in [5.74, 6) is 1.15. The zero-order chi connectivity index (χ0) is 16.0. The van der Waals surface area contributed by atoms with E-state index in [0.717, 1.165) is 30.2 Å². The van der Waals surface area contributed by atoms with Crippen molar-refractivity contribution in [2.24, 2.45) is 0 Å². The molecule has 23 heavy (non-hydrogen) atoms. The van der Waals surface area contributed by atoms with Gasteiger partial charge in [-0.15, -0.1) is 0 Å². The minimum Gasteiger partial charge on any atom is -0.369 e. The number of nitrogens with zero attached hydrogens (tertiary/aromatic N) is 2. The fourth-order valence-electron chi connectivity index (χ4n) is 3.14. The molecule has 0 atom stereocenters. The molecule has 0 unspecified atom stereocenters. The molecule has 0 amide bonds. The maximum atomic E-state index is 4.96. The summed E-state index contributed by atoms with van der Waals surface area (Å²) in [4.78, 5) is 0. The normalized spacial score (nSPS) is 13.0. The van der Waals surface area contributed by atoms with Crippen molar-refractivity contribution in [2.75, 3.05) is 11.9 Å². The number of halogens is 1. The first-order valence-electron chi connectivity index (χ1n) is 7.83. The van der Waals surface area contributed by atoms with Crippen molar-refractivity contribution in [3.05, 3.63) is 62.7 Å². The Hall–Kier alpha value is -1.82. The second-order valence-electron chi connectivity index (χ2n) is 6.06. The number of hydrogen-bond donors (Lipinski definition) is 1. The lowest BCUT2D eigenvalue weighted by molar-refractivity contribution is 0.874. The summed E-state index contributed by atoms with van der Waals surface area (Å²) in [5.41, 5.74) is 7.27. The number of anilines is 1. The van der Waals surface area contributed by atoms with Crippen LogP contribution in [0.3, 0.4) is 0 Å². The molecule has 0 spiro atoms. The van der Waals surface area contributed by atoms with Crippen LogP contribution in [0, 0.1) is 17.4 Å². The predicted octanol–water partition coefficient (Wildman–Crippen LogP) is 4.73. The van der Waals surface area contributed by atoms with Crippen LogP contribution >= 0.6 is 22.6 Å². The van der Waals surface area contributed by atoms with Gasteiger partial charge < -0.3 is 5.32 Å². The van der Waals surface area contributed by atoms with Gasteiger partial charge >= 0.3 is 0 Å². The molecule has 1 aliphatic rings. The highest BCUT2D eigenvalue weighted by atomic mass is 127. The fourth-order valence-corrected chi connectivity index (χ4v) is 3.50. The number of benzene rings is 2. The van der Waals surface area contributed by atoms with Gasteiger partial charge in [-0.05, 0) is 72.2 Å². The first-order valence-corrected chi connectivity index (χ1v) is 8.91. The van der Waals surface area contributed by atoms with Crippen LogP contribution in [-0.2, 0) is 6.42 Å². The Labute approximate surface area is 149 Å². The van der Waals surface area contributed by atoms with E-state index in [2.05, 4.69) is 88.9 Å². The molecule has 116 valence electrons. The lowest BCUT2D eigenvalue weighted by Gasteiger charge is -2.10. The number of aryl methyl sites for hydroxylation is 2. The molecule has 1 aliphatic heterocycles. The Morgan fingerprint density at radius 3 is 2.65 bits per heavy atom. The first-order chi connectivity index (χ1) is 11.1. The smallest absolute Gasteiger partial charge is 0.133 e. The van der Waals surface area contributed by atoms with Gasteiger partial charge in [-0.25, -0.2) is 4.68 Å². The van der Waals surface area contributed by atoms with Crippen molar-refractivity contribution in [2.45, 2.75) is 20.3 Å². The Balaban J connectivity index is 1.91. The Morgan fingerprint density at radius 1 is 1.09 bits per heavy atom. The van der Waals surface area contributed by atoms with Gasteiger partial charge in [-0.1, -0.05) is 24.3 Å². The van der Waals surface area contributed by atoms with Gasteiger partial charge in [0.1, 0.15) is 5.82 Å². The molecule has 2 aromatic carbocycles. The summed E-state index contributed by atoms with van der Waals surface area (Å²) in [6.07, 6.45) is 1.03. The third-order valence-corrected chi connectivity index (χ3v) is 5.08. The van der Waals surface area contributed by atoms with E-state index in [4.69, 9.17) is 5.10 Å². The molecule has 0 saturated heterocycles. The maximum absolute atomic E-state index is 4.96. The molecule has 4 heteroatoms. The first kappa shape index (κ1) is 14.8. The van der Waals surface area contributed by atoms with Crippen molar-refractivity contribution in [3.63, 3.8) is 0 Å². The van der Waals surface area contributed by atoms with Gasteiger partial charge in [0.05, 0.1) is 11.4 Å². The highest BCUT2D eigenvalue weighted by Gasteiger charge is 2.24. The third-order valence-electron chi connectivity index (χ3n) is 4.36. The Kier molecular flexibility index (Phi) is 3.64. The largest absolute Gasteiger partial charge is 0.369 e. The van der Waals surface area contributed by atoms with E-state index in [0.29, 0.717) is 0 Å². The zero-order valence-corrected chi connectivity index (χ0v) is 15.4. The van der Waals surface area contributed by atoms with E-state index in [9.17, 15) is 0 Å². The topological polar surface area (TPSA) is 29.9 Å². The molecule has 3 aromatic rings. The minimum atomic E-state index is 0.982. The van der Waals surface area contributed by atoms with Gasteiger partial charge in [0.2, 0.25) is 0 Å². The number of aromatic nitrogens is 2. The maximum Gasteiger partial charge on any atom is 0.133 e. The second kappa shape index (κ2) is 5.67. The molecule has 0 aliphatic carbocycles. The van der Waals surface area contributed by atoms with E-state index < -0.39 is 0 Å². The van der Waals surface area contributed by atoms with Crippen LogP contribution in [0.4, 0.5) is 5.82 Å². The number of rotatable bonds is 2. The second-order valence-corrected chi connectivity index (χ2v) is 7.31. The third kappa shape index (κ3) is 2.55. The molecular formula is C19H18IN3. The monoisotopic (exact) mass is 415 g/mol. The minimum absolute atomic E-state index is 0.982. The molecule has 2 heterocycles. The lowest BCUT2D eigenvalue weighted by Crippen LogP contribution is -2.06. The number of nitrogens with one attached hydrogen (secondary N) is 1. The van der Waals surface area contributed by atoms with Crippen LogP contribution in [0.5, 0.6) is 0 Å². The molecule has 4 rings (SSSR count). The molecule has 0 saturated carbocycles. The molecule has 1 aromatic heterocycles. The Morgan fingerprint density at radius 2 is 1.87 bits per heavy atom. The predicted molar refractivity (Wildman–Crippen MR) is 103 cm³/mol. The fraction of sp³-hybridized carbons (Fsp3) is 0.211. The van der Waals surface area contributed by atoms with E-state index in [1.165, 1.54) is 25.8 Å². The van der Waals surface area contributed by atoms with E-state index >= 15 is 0 Å². The SMILES string of the molecule is Cc1ccc(C)c(-n2nc(-c3ccc(I)cc3)c3c2NCC3)c1. The van der Waals surface area contributed by atoms with Crippen LogP contribution < -0.4 is 5.32 Å². The van der Waals surface area contributed by atoms with Gasteiger partial charge in [-0.3, -0.25) is 0 Å². The number of hydrogen-bond acceptors (Lipinski definition) is 2. The van der Waals surface area contributed by atoms with Gasteiger partial charge in [0.25, 0.3) is 0 Å². The molecule has 1 N–H and O–H groups in total. The molecule has 0 radical (unpaired) electrons. The molecule has 3 nitrogen and oxygen atoms in total. The molecule has 0 fully saturated rings. The lowest BCUT2D eigenvalue weighted by atomic mass is 10.1. The van der Waals surface area contributed by atoms with Crippen molar-refractivity contribution in [1.29, 1.82) is 0 Å². The van der Waals surface area contributed by atoms with Crippen molar-refractivity contribution in [1.82, 2.24) is 9.78 Å². The van der Waals surface area contributed by atoms with Crippen LogP contribution in [0.25, 0.3) is 16.9 Å². The van der Waals surface area contributed by atoms with Crippen LogP contribution in [0.15, 0.2) is 42.5 Å². The highest BCUT2D eigenvalue weighted by Crippen LogP contribution is 2.35. The average molecular weight is 415 g/mol. The van der Waals surface area contributed by atoms with Gasteiger partial charge in [-0.2, -0.15) is 5.10 Å². The average Bonchev–Trinajstić information content (AvgIpc) is 3.13. The quantitative estimate of drug-likeness (QED) is 0.614. The zero-order valence-electron chi connectivity index (χ0n) is 13.2. The summed E-state index contributed by atoms with van der Waals surface area (Å²) < 4.78 is 3.33. The van der Waals surface area contributed by atoms with E-state index in [-0.39, 0.29) is 0 Å². The van der Waals surface area contributed by atoms with Crippen LogP contribution in [0.2, 0.25) is 0 Å².